The largest absolute Gasteiger partial charge is 0.341 e. The molecule has 0 aliphatic carbocycles. The topological polar surface area (TPSA) is 49.3 Å². The first-order valence-electron chi connectivity index (χ1n) is 10.1. The van der Waals surface area contributed by atoms with Gasteiger partial charge in [0, 0.05) is 25.2 Å². The molecule has 1 aromatic heterocycles. The van der Waals surface area contributed by atoms with Crippen LogP contribution in [0.2, 0.25) is 0 Å². The van der Waals surface area contributed by atoms with Gasteiger partial charge in [0.2, 0.25) is 5.91 Å². The maximum absolute atomic E-state index is 13.3. The van der Waals surface area contributed by atoms with Crippen LogP contribution < -0.4 is 4.90 Å². The Morgan fingerprint density at radius 3 is 2.37 bits per heavy atom. The van der Waals surface area contributed by atoms with E-state index in [2.05, 4.69) is 10.2 Å². The average molecular weight is 404 g/mol. The van der Waals surface area contributed by atoms with Crippen molar-refractivity contribution < 1.29 is 9.18 Å². The molecule has 1 aliphatic rings. The average Bonchev–Trinajstić information content (AvgIpc) is 2.76. The van der Waals surface area contributed by atoms with Gasteiger partial charge < -0.3 is 9.80 Å². The van der Waals surface area contributed by atoms with Crippen LogP contribution in [0.1, 0.15) is 23.6 Å². The lowest BCUT2D eigenvalue weighted by Gasteiger charge is -2.40. The van der Waals surface area contributed by atoms with Gasteiger partial charge in [0.05, 0.1) is 5.69 Å². The van der Waals surface area contributed by atoms with Gasteiger partial charge in [-0.3, -0.25) is 4.79 Å². The molecular formula is C24H25FN4O. The van der Waals surface area contributed by atoms with Gasteiger partial charge in [0.25, 0.3) is 0 Å². The number of benzene rings is 2. The number of carbonyl (C=O) groups is 1. The number of carbonyl (C=O) groups excluding carboxylic acids is 1. The predicted molar refractivity (Wildman–Crippen MR) is 116 cm³/mol. The van der Waals surface area contributed by atoms with Gasteiger partial charge in [0.1, 0.15) is 11.9 Å². The van der Waals surface area contributed by atoms with Crippen molar-refractivity contribution in [3.8, 4) is 11.3 Å². The summed E-state index contributed by atoms with van der Waals surface area (Å²) in [6, 6.07) is 16.0. The fourth-order valence-corrected chi connectivity index (χ4v) is 3.93. The van der Waals surface area contributed by atoms with Crippen LogP contribution in [-0.2, 0) is 11.3 Å². The molecule has 1 fully saturated rings. The van der Waals surface area contributed by atoms with Crippen LogP contribution in [0, 0.1) is 19.7 Å². The molecule has 0 bridgehead atoms. The van der Waals surface area contributed by atoms with Gasteiger partial charge in [-0.05, 0) is 61.7 Å². The molecule has 6 heteroatoms. The zero-order valence-electron chi connectivity index (χ0n) is 17.5. The molecule has 2 heterocycles. The fraction of sp³-hybridized carbons (Fsp3) is 0.292. The minimum atomic E-state index is -0.313. The van der Waals surface area contributed by atoms with Gasteiger partial charge in [-0.25, -0.2) is 4.39 Å². The third kappa shape index (κ3) is 3.77. The Kier molecular flexibility index (Phi) is 5.48. The molecule has 0 radical (unpaired) electrons. The van der Waals surface area contributed by atoms with Crippen molar-refractivity contribution in [3.05, 3.63) is 77.1 Å². The highest BCUT2D eigenvalue weighted by Gasteiger charge is 2.33. The highest BCUT2D eigenvalue weighted by Crippen LogP contribution is 2.30. The molecule has 4 rings (SSSR count). The zero-order valence-corrected chi connectivity index (χ0v) is 17.5. The van der Waals surface area contributed by atoms with E-state index in [9.17, 15) is 9.18 Å². The highest BCUT2D eigenvalue weighted by atomic mass is 19.1. The van der Waals surface area contributed by atoms with E-state index in [0.29, 0.717) is 19.6 Å². The summed E-state index contributed by atoms with van der Waals surface area (Å²) >= 11 is 0. The second-order valence-corrected chi connectivity index (χ2v) is 7.74. The van der Waals surface area contributed by atoms with Crippen LogP contribution in [0.4, 0.5) is 10.2 Å². The summed E-state index contributed by atoms with van der Waals surface area (Å²) in [6.07, 6.45) is 0. The normalized spacial score (nSPS) is 16.8. The Hall–Kier alpha value is -3.28. The first-order valence-corrected chi connectivity index (χ1v) is 10.1. The lowest BCUT2D eigenvalue weighted by Crippen LogP contribution is -2.56. The van der Waals surface area contributed by atoms with Crippen LogP contribution in [0.5, 0.6) is 0 Å². The van der Waals surface area contributed by atoms with Crippen LogP contribution in [0.15, 0.2) is 54.6 Å². The maximum atomic E-state index is 13.3. The second kappa shape index (κ2) is 8.22. The Labute approximate surface area is 176 Å². The highest BCUT2D eigenvalue weighted by molar-refractivity contribution is 5.86. The first-order chi connectivity index (χ1) is 14.5. The molecule has 154 valence electrons. The molecule has 1 amide bonds. The van der Waals surface area contributed by atoms with Crippen molar-refractivity contribution in [1.82, 2.24) is 15.1 Å². The molecular weight excluding hydrogens is 379 g/mol. The second-order valence-electron chi connectivity index (χ2n) is 7.74. The number of rotatable bonds is 4. The quantitative estimate of drug-likeness (QED) is 0.656. The molecule has 0 spiro atoms. The molecule has 1 aliphatic heterocycles. The summed E-state index contributed by atoms with van der Waals surface area (Å²) in [5, 5.41) is 8.89. The van der Waals surface area contributed by atoms with Gasteiger partial charge in [-0.2, -0.15) is 0 Å². The first kappa shape index (κ1) is 20.0. The van der Waals surface area contributed by atoms with E-state index in [0.717, 1.165) is 33.8 Å². The van der Waals surface area contributed by atoms with E-state index in [-0.39, 0.29) is 17.8 Å². The number of aromatic nitrogens is 2. The molecule has 1 saturated heterocycles. The van der Waals surface area contributed by atoms with Crippen molar-refractivity contribution in [2.75, 3.05) is 18.0 Å². The molecule has 1 atom stereocenters. The van der Waals surface area contributed by atoms with Crippen molar-refractivity contribution in [2.24, 2.45) is 0 Å². The van der Waals surface area contributed by atoms with Gasteiger partial charge in [0.15, 0.2) is 5.82 Å². The molecule has 2 aromatic carbocycles. The third-order valence-electron chi connectivity index (χ3n) is 5.85. The van der Waals surface area contributed by atoms with Crippen molar-refractivity contribution in [3.63, 3.8) is 0 Å². The number of hydrogen-bond acceptors (Lipinski definition) is 4. The Morgan fingerprint density at radius 1 is 0.967 bits per heavy atom. The smallest absolute Gasteiger partial charge is 0.245 e. The van der Waals surface area contributed by atoms with Crippen LogP contribution in [0.3, 0.4) is 0 Å². The minimum absolute atomic E-state index is 0.0894. The number of anilines is 1. The lowest BCUT2D eigenvalue weighted by atomic mass is 10.0. The molecule has 0 N–H and O–H groups in total. The SMILES string of the molecule is Cc1c(-c2ccc(F)cc2)nnc(N2CCN(Cc3ccccc3)C(=O)C2C)c1C. The molecule has 30 heavy (non-hydrogen) atoms. The summed E-state index contributed by atoms with van der Waals surface area (Å²) in [7, 11) is 0. The summed E-state index contributed by atoms with van der Waals surface area (Å²) < 4.78 is 13.3. The Balaban J connectivity index is 1.56. The van der Waals surface area contributed by atoms with E-state index in [1.807, 2.05) is 60.9 Å². The standard InChI is InChI=1S/C24H25FN4O/c1-16-17(2)23(27-26-22(16)20-9-11-21(25)12-10-20)29-14-13-28(24(30)18(29)3)15-19-7-5-4-6-8-19/h4-12,18H,13-15H2,1-3H3. The fourth-order valence-electron chi connectivity index (χ4n) is 3.93. The molecule has 0 saturated carbocycles. The maximum Gasteiger partial charge on any atom is 0.245 e. The van der Waals surface area contributed by atoms with E-state index >= 15 is 0 Å². The van der Waals surface area contributed by atoms with Gasteiger partial charge >= 0.3 is 0 Å². The van der Waals surface area contributed by atoms with E-state index < -0.39 is 0 Å². The Bertz CT molecular complexity index is 1050. The van der Waals surface area contributed by atoms with Crippen LogP contribution in [-0.4, -0.2) is 40.1 Å². The van der Waals surface area contributed by atoms with E-state index in [1.165, 1.54) is 12.1 Å². The number of nitrogens with zero attached hydrogens (tertiary/aromatic N) is 4. The van der Waals surface area contributed by atoms with Gasteiger partial charge in [-0.1, -0.05) is 30.3 Å². The number of hydrogen-bond donors (Lipinski definition) is 0. The van der Waals surface area contributed by atoms with E-state index in [1.54, 1.807) is 12.1 Å². The van der Waals surface area contributed by atoms with E-state index in [4.69, 9.17) is 0 Å². The zero-order chi connectivity index (χ0) is 21.3. The minimum Gasteiger partial charge on any atom is -0.341 e. The number of amides is 1. The Morgan fingerprint density at radius 2 is 1.67 bits per heavy atom. The van der Waals surface area contributed by atoms with Crippen molar-refractivity contribution in [2.45, 2.75) is 33.4 Å². The van der Waals surface area contributed by atoms with Crippen LogP contribution in [0.25, 0.3) is 11.3 Å². The summed E-state index contributed by atoms with van der Waals surface area (Å²) in [5.41, 5.74) is 4.66. The summed E-state index contributed by atoms with van der Waals surface area (Å²) in [4.78, 5) is 17.0. The van der Waals surface area contributed by atoms with Gasteiger partial charge in [-0.15, -0.1) is 10.2 Å². The molecule has 3 aromatic rings. The van der Waals surface area contributed by atoms with Crippen molar-refractivity contribution >= 4 is 11.7 Å². The monoisotopic (exact) mass is 404 g/mol. The number of piperazine rings is 1. The number of halogens is 1. The predicted octanol–water partition coefficient (Wildman–Crippen LogP) is 4.14. The molecule has 1 unspecified atom stereocenters. The molecule has 5 nitrogen and oxygen atoms in total. The third-order valence-corrected chi connectivity index (χ3v) is 5.85. The summed E-state index contributed by atoms with van der Waals surface area (Å²) in [5.74, 6) is 0.545. The van der Waals surface area contributed by atoms with Crippen molar-refractivity contribution in [1.29, 1.82) is 0 Å². The van der Waals surface area contributed by atoms with Crippen LogP contribution >= 0.6 is 0 Å². The summed E-state index contributed by atoms with van der Waals surface area (Å²) in [6.45, 7) is 7.86. The lowest BCUT2D eigenvalue weighted by molar-refractivity contribution is -0.134.